The van der Waals surface area contributed by atoms with E-state index in [0.717, 1.165) is 12.8 Å². The summed E-state index contributed by atoms with van der Waals surface area (Å²) in [4.78, 5) is 13.1. The van der Waals surface area contributed by atoms with Gasteiger partial charge in [0.05, 0.1) is 5.75 Å². The molecule has 2 N–H and O–H groups in total. The standard InChI is InChI=1S/C11H24N2O3S.ClH/c1-4-5-6-7-17(15,16)9-11(14)13(3)10(2)8-12;/h10H,4-9,12H2,1-3H3;1H. The molecule has 0 aliphatic rings. The molecule has 1 amide bonds. The zero-order valence-corrected chi connectivity index (χ0v) is 13.0. The third kappa shape index (κ3) is 7.89. The number of halogens is 1. The molecule has 0 heterocycles. The number of carbonyl (C=O) groups excluding carboxylic acids is 1. The van der Waals surface area contributed by atoms with Crippen LogP contribution in [-0.4, -0.2) is 50.4 Å². The third-order valence-electron chi connectivity index (χ3n) is 2.80. The Hall–Kier alpha value is -0.330. The molecule has 0 spiro atoms. The number of unbranched alkanes of at least 4 members (excludes halogenated alkanes) is 2. The number of rotatable bonds is 8. The maximum absolute atomic E-state index is 11.7. The highest BCUT2D eigenvalue weighted by Gasteiger charge is 2.21. The lowest BCUT2D eigenvalue weighted by atomic mass is 10.3. The highest BCUT2D eigenvalue weighted by molar-refractivity contribution is 7.92. The van der Waals surface area contributed by atoms with Crippen molar-refractivity contribution in [3.63, 3.8) is 0 Å². The van der Waals surface area contributed by atoms with Gasteiger partial charge in [-0.3, -0.25) is 4.79 Å². The maximum atomic E-state index is 11.7. The zero-order chi connectivity index (χ0) is 13.5. The number of amides is 1. The Labute approximate surface area is 116 Å². The number of hydrogen-bond acceptors (Lipinski definition) is 4. The summed E-state index contributed by atoms with van der Waals surface area (Å²) in [5, 5.41) is 0. The molecule has 1 unspecified atom stereocenters. The van der Waals surface area contributed by atoms with Gasteiger partial charge in [-0.2, -0.15) is 0 Å². The van der Waals surface area contributed by atoms with Crippen LogP contribution in [0.2, 0.25) is 0 Å². The summed E-state index contributed by atoms with van der Waals surface area (Å²) in [7, 11) is -1.69. The van der Waals surface area contributed by atoms with E-state index in [1.54, 1.807) is 14.0 Å². The normalized spacial score (nSPS) is 12.7. The first-order valence-electron chi connectivity index (χ1n) is 6.00. The van der Waals surface area contributed by atoms with Crippen molar-refractivity contribution < 1.29 is 13.2 Å². The fraction of sp³-hybridized carbons (Fsp3) is 0.909. The van der Waals surface area contributed by atoms with Crippen LogP contribution in [0, 0.1) is 0 Å². The van der Waals surface area contributed by atoms with Gasteiger partial charge in [0, 0.05) is 19.6 Å². The molecular weight excluding hydrogens is 276 g/mol. The van der Waals surface area contributed by atoms with E-state index in [1.807, 2.05) is 6.92 Å². The van der Waals surface area contributed by atoms with Crippen molar-refractivity contribution in [2.75, 3.05) is 25.1 Å². The van der Waals surface area contributed by atoms with Crippen LogP contribution < -0.4 is 5.73 Å². The molecule has 0 aromatic heterocycles. The molecule has 0 aromatic carbocycles. The van der Waals surface area contributed by atoms with Gasteiger partial charge in [0.25, 0.3) is 0 Å². The molecule has 110 valence electrons. The monoisotopic (exact) mass is 300 g/mol. The summed E-state index contributed by atoms with van der Waals surface area (Å²) >= 11 is 0. The fourth-order valence-corrected chi connectivity index (χ4v) is 2.71. The molecule has 0 aliphatic carbocycles. The summed E-state index contributed by atoms with van der Waals surface area (Å²) in [5.41, 5.74) is 5.43. The molecule has 0 radical (unpaired) electrons. The topological polar surface area (TPSA) is 80.5 Å². The smallest absolute Gasteiger partial charge is 0.237 e. The van der Waals surface area contributed by atoms with Crippen LogP contribution in [-0.2, 0) is 14.6 Å². The van der Waals surface area contributed by atoms with Crippen LogP contribution in [0.4, 0.5) is 0 Å². The molecule has 18 heavy (non-hydrogen) atoms. The Morgan fingerprint density at radius 1 is 1.33 bits per heavy atom. The molecule has 1 atom stereocenters. The fourth-order valence-electron chi connectivity index (χ4n) is 1.34. The Kier molecular flexibility index (Phi) is 10.6. The molecule has 0 saturated carbocycles. The zero-order valence-electron chi connectivity index (χ0n) is 11.4. The van der Waals surface area contributed by atoms with E-state index in [0.29, 0.717) is 13.0 Å². The molecule has 0 aromatic rings. The van der Waals surface area contributed by atoms with Crippen molar-refractivity contribution >= 4 is 28.2 Å². The van der Waals surface area contributed by atoms with Gasteiger partial charge in [-0.25, -0.2) is 8.42 Å². The summed E-state index contributed by atoms with van der Waals surface area (Å²) < 4.78 is 23.3. The second kappa shape index (κ2) is 9.58. The van der Waals surface area contributed by atoms with Gasteiger partial charge in [0.2, 0.25) is 5.91 Å². The molecule has 0 saturated heterocycles. The summed E-state index contributed by atoms with van der Waals surface area (Å²) in [6, 6.07) is -0.131. The maximum Gasteiger partial charge on any atom is 0.237 e. The van der Waals surface area contributed by atoms with Crippen LogP contribution in [0.5, 0.6) is 0 Å². The van der Waals surface area contributed by atoms with Crippen LogP contribution in [0.3, 0.4) is 0 Å². The van der Waals surface area contributed by atoms with E-state index in [-0.39, 0.29) is 30.1 Å². The molecule has 7 heteroatoms. The van der Waals surface area contributed by atoms with Gasteiger partial charge in [-0.05, 0) is 13.3 Å². The van der Waals surface area contributed by atoms with Crippen LogP contribution in [0.25, 0.3) is 0 Å². The van der Waals surface area contributed by atoms with Crippen molar-refractivity contribution in [3.05, 3.63) is 0 Å². The van der Waals surface area contributed by atoms with E-state index < -0.39 is 15.6 Å². The van der Waals surface area contributed by atoms with Crippen molar-refractivity contribution in [1.29, 1.82) is 0 Å². The average Bonchev–Trinajstić information content (AvgIpc) is 2.26. The predicted octanol–water partition coefficient (Wildman–Crippen LogP) is 0.819. The van der Waals surface area contributed by atoms with Crippen molar-refractivity contribution in [2.24, 2.45) is 5.73 Å². The van der Waals surface area contributed by atoms with Gasteiger partial charge in [-0.1, -0.05) is 19.8 Å². The quantitative estimate of drug-likeness (QED) is 0.673. The first-order valence-corrected chi connectivity index (χ1v) is 7.82. The lowest BCUT2D eigenvalue weighted by Gasteiger charge is -2.23. The van der Waals surface area contributed by atoms with E-state index in [4.69, 9.17) is 5.73 Å². The Balaban J connectivity index is 0. The number of hydrogen-bond donors (Lipinski definition) is 1. The number of nitrogens with two attached hydrogens (primary N) is 1. The third-order valence-corrected chi connectivity index (χ3v) is 4.40. The van der Waals surface area contributed by atoms with Gasteiger partial charge < -0.3 is 10.6 Å². The van der Waals surface area contributed by atoms with E-state index in [9.17, 15) is 13.2 Å². The molecule has 0 bridgehead atoms. The minimum atomic E-state index is -3.27. The largest absolute Gasteiger partial charge is 0.341 e. The molecular formula is C11H25ClN2O3S. The van der Waals surface area contributed by atoms with Gasteiger partial charge in [0.1, 0.15) is 5.75 Å². The predicted molar refractivity (Wildman–Crippen MR) is 76.7 cm³/mol. The summed E-state index contributed by atoms with van der Waals surface area (Å²) in [6.45, 7) is 4.13. The Bertz CT molecular complexity index is 333. The first-order chi connectivity index (χ1) is 7.84. The molecule has 5 nitrogen and oxygen atoms in total. The lowest BCUT2D eigenvalue weighted by molar-refractivity contribution is -0.128. The second-order valence-corrected chi connectivity index (χ2v) is 6.57. The first kappa shape index (κ1) is 20.0. The van der Waals surface area contributed by atoms with Gasteiger partial charge >= 0.3 is 0 Å². The van der Waals surface area contributed by atoms with E-state index >= 15 is 0 Å². The summed E-state index contributed by atoms with van der Waals surface area (Å²) in [5.74, 6) is -0.686. The number of sulfone groups is 1. The van der Waals surface area contributed by atoms with E-state index in [1.165, 1.54) is 4.90 Å². The Morgan fingerprint density at radius 3 is 2.33 bits per heavy atom. The second-order valence-electron chi connectivity index (χ2n) is 4.39. The number of carbonyl (C=O) groups is 1. The molecule has 0 fully saturated rings. The van der Waals surface area contributed by atoms with Gasteiger partial charge in [0.15, 0.2) is 9.84 Å². The Morgan fingerprint density at radius 2 is 1.89 bits per heavy atom. The number of likely N-dealkylation sites (N-methyl/N-ethyl adjacent to an activating group) is 1. The number of nitrogens with zero attached hydrogens (tertiary/aromatic N) is 1. The lowest BCUT2D eigenvalue weighted by Crippen LogP contribution is -2.42. The average molecular weight is 301 g/mol. The summed E-state index contributed by atoms with van der Waals surface area (Å²) in [6.07, 6.45) is 2.47. The SMILES string of the molecule is CCCCCS(=O)(=O)CC(=O)N(C)C(C)CN.Cl. The van der Waals surface area contributed by atoms with Crippen LogP contribution >= 0.6 is 12.4 Å². The van der Waals surface area contributed by atoms with Crippen molar-refractivity contribution in [2.45, 2.75) is 39.2 Å². The van der Waals surface area contributed by atoms with Crippen molar-refractivity contribution in [3.8, 4) is 0 Å². The minimum absolute atomic E-state index is 0. The highest BCUT2D eigenvalue weighted by atomic mass is 35.5. The van der Waals surface area contributed by atoms with Crippen molar-refractivity contribution in [1.82, 2.24) is 4.90 Å². The molecule has 0 rings (SSSR count). The van der Waals surface area contributed by atoms with Crippen LogP contribution in [0.15, 0.2) is 0 Å². The molecule has 0 aliphatic heterocycles. The van der Waals surface area contributed by atoms with Crippen LogP contribution in [0.1, 0.15) is 33.1 Å². The van der Waals surface area contributed by atoms with E-state index in [2.05, 4.69) is 0 Å². The van der Waals surface area contributed by atoms with Gasteiger partial charge in [-0.15, -0.1) is 12.4 Å². The highest BCUT2D eigenvalue weighted by Crippen LogP contribution is 2.03. The minimum Gasteiger partial charge on any atom is -0.341 e.